The summed E-state index contributed by atoms with van der Waals surface area (Å²) in [5.41, 5.74) is 18.9. The van der Waals surface area contributed by atoms with Crippen molar-refractivity contribution >= 4 is 134 Å². The van der Waals surface area contributed by atoms with Gasteiger partial charge in [-0.05, 0) is 139 Å². The van der Waals surface area contributed by atoms with Crippen molar-refractivity contribution in [2.75, 3.05) is 9.80 Å². The van der Waals surface area contributed by atoms with Crippen LogP contribution in [0.25, 0.3) is 72.2 Å². The van der Waals surface area contributed by atoms with Crippen LogP contribution in [0.3, 0.4) is 0 Å². The second-order valence-electron chi connectivity index (χ2n) is 24.3. The SMILES string of the molecule is C=Cc1c(/N=C\C)oc2cc(N(c3ccc([Si](C)(C)C)cc3)c3cc4c(c5c3oc3ccccc35)-c3ccc(N(c5ccc([Si](C)(C)C)cc5)c5ccc6c(c5)oc5ncccc56)cc3C4(c3cccc(C)c3)c3cccc(C)c3)ccc12. The Morgan fingerprint density at radius 3 is 1.72 bits per heavy atom. The molecule has 7 nitrogen and oxygen atoms in total. The molecule has 0 amide bonds. The lowest BCUT2D eigenvalue weighted by atomic mass is 9.67. The fourth-order valence-corrected chi connectivity index (χ4v) is 15.3. The Kier molecular flexibility index (Phi) is 12.1. The number of para-hydroxylation sites is 1. The highest BCUT2D eigenvalue weighted by Gasteiger charge is 2.49. The molecule has 1 aliphatic carbocycles. The van der Waals surface area contributed by atoms with Crippen LogP contribution in [0, 0.1) is 13.8 Å². The van der Waals surface area contributed by atoms with Gasteiger partial charge in [0.05, 0.1) is 32.9 Å². The number of aromatic nitrogens is 1. The third-order valence-corrected chi connectivity index (χ3v) is 21.1. The van der Waals surface area contributed by atoms with Crippen molar-refractivity contribution in [3.05, 3.63) is 246 Å². The highest BCUT2D eigenvalue weighted by atomic mass is 28.3. The van der Waals surface area contributed by atoms with Crippen molar-refractivity contribution in [1.29, 1.82) is 0 Å². The number of pyridine rings is 1. The van der Waals surface area contributed by atoms with Gasteiger partial charge in [0.15, 0.2) is 5.58 Å². The maximum absolute atomic E-state index is 7.36. The molecule has 0 aliphatic heterocycles. The van der Waals surface area contributed by atoms with E-state index in [2.05, 4.69) is 268 Å². The summed E-state index contributed by atoms with van der Waals surface area (Å²) in [5.74, 6) is 0.533. The first-order chi connectivity index (χ1) is 40.1. The fourth-order valence-electron chi connectivity index (χ4n) is 13.0. The van der Waals surface area contributed by atoms with Gasteiger partial charge in [0.1, 0.15) is 16.7 Å². The van der Waals surface area contributed by atoms with Gasteiger partial charge >= 0.3 is 0 Å². The van der Waals surface area contributed by atoms with Crippen LogP contribution < -0.4 is 20.2 Å². The summed E-state index contributed by atoms with van der Waals surface area (Å²) in [4.78, 5) is 14.0. The van der Waals surface area contributed by atoms with E-state index in [1.807, 2.05) is 19.1 Å². The van der Waals surface area contributed by atoms with Crippen LogP contribution in [0.5, 0.6) is 0 Å². The molecule has 0 N–H and O–H groups in total. The van der Waals surface area contributed by atoms with Crippen LogP contribution in [0.15, 0.2) is 225 Å². The van der Waals surface area contributed by atoms with Crippen LogP contribution in [0.2, 0.25) is 39.3 Å². The highest BCUT2D eigenvalue weighted by molar-refractivity contribution is 6.89. The number of benzene rings is 9. The number of aryl methyl sites for hydroxylation is 2. The monoisotopic (exact) mass is 1110 g/mol. The zero-order chi connectivity index (χ0) is 57.1. The molecule has 406 valence electrons. The molecule has 4 aromatic heterocycles. The molecular weight excluding hydrogens is 1050 g/mol. The Balaban J connectivity index is 1.10. The predicted octanol–water partition coefficient (Wildman–Crippen LogP) is 20.0. The number of anilines is 6. The molecule has 0 saturated carbocycles. The smallest absolute Gasteiger partial charge is 0.227 e. The summed E-state index contributed by atoms with van der Waals surface area (Å²) in [6.45, 7) is 24.9. The summed E-state index contributed by atoms with van der Waals surface area (Å²) >= 11 is 0. The third kappa shape index (κ3) is 8.35. The molecule has 0 fully saturated rings. The Labute approximate surface area is 486 Å². The lowest BCUT2D eigenvalue weighted by Crippen LogP contribution is -2.37. The number of aliphatic imine (C=N–C) groups is 1. The van der Waals surface area contributed by atoms with Crippen molar-refractivity contribution in [2.24, 2.45) is 4.99 Å². The van der Waals surface area contributed by atoms with Gasteiger partial charge < -0.3 is 23.1 Å². The van der Waals surface area contributed by atoms with E-state index in [9.17, 15) is 0 Å². The minimum atomic E-state index is -1.69. The topological polar surface area (TPSA) is 71.2 Å². The molecule has 0 bridgehead atoms. The van der Waals surface area contributed by atoms with Crippen LogP contribution in [0.1, 0.15) is 45.9 Å². The Bertz CT molecular complexity index is 4730. The molecule has 0 spiro atoms. The van der Waals surface area contributed by atoms with E-state index in [4.69, 9.17) is 13.3 Å². The lowest BCUT2D eigenvalue weighted by Gasteiger charge is -2.36. The van der Waals surface area contributed by atoms with Crippen molar-refractivity contribution in [3.8, 4) is 11.1 Å². The number of hydrogen-bond donors (Lipinski definition) is 0. The van der Waals surface area contributed by atoms with Crippen molar-refractivity contribution in [1.82, 2.24) is 4.98 Å². The standard InChI is InChI=1S/C74H64N4O3Si2/c1-11-57-58-36-30-54(44-67(58)80-72(57)75-12-2)78(51-27-34-56(35-28-51)83(8,9)10)65-45-64-69(70-62-22-13-14-24-66(62)79-71(65)70)61-38-31-52(42-63(61)74(64,48-20-15-18-46(3)40-48)49-21-16-19-47(4)41-49)77(50-25-32-55(33-26-50)82(5,6)7)53-29-37-59-60-23-17-39-76-73(60)81-68(59)43-53/h11-45H,1H2,2-10H3/b75-12-. The van der Waals surface area contributed by atoms with Crippen LogP contribution >= 0.6 is 0 Å². The Morgan fingerprint density at radius 1 is 0.506 bits per heavy atom. The van der Waals surface area contributed by atoms with Gasteiger partial charge in [-0.25, -0.2) is 9.98 Å². The van der Waals surface area contributed by atoms with Gasteiger partial charge in [-0.3, -0.25) is 0 Å². The van der Waals surface area contributed by atoms with Gasteiger partial charge in [-0.15, -0.1) is 0 Å². The van der Waals surface area contributed by atoms with Gasteiger partial charge in [0.25, 0.3) is 0 Å². The molecule has 1 aliphatic rings. The summed E-state index contributed by atoms with van der Waals surface area (Å²) in [5, 5.41) is 7.85. The van der Waals surface area contributed by atoms with E-state index in [-0.39, 0.29) is 0 Å². The average Bonchev–Trinajstić information content (AvgIpc) is 2.56. The molecule has 0 atom stereocenters. The molecule has 9 aromatic carbocycles. The van der Waals surface area contributed by atoms with E-state index in [0.717, 1.165) is 100 Å². The minimum absolute atomic E-state index is 0.533. The average molecular weight is 1110 g/mol. The van der Waals surface area contributed by atoms with E-state index in [0.29, 0.717) is 17.2 Å². The molecule has 83 heavy (non-hydrogen) atoms. The molecule has 4 heterocycles. The van der Waals surface area contributed by atoms with Gasteiger partial charge in [-0.1, -0.05) is 170 Å². The summed E-state index contributed by atoms with van der Waals surface area (Å²) in [6, 6.07) is 72.0. The molecule has 9 heteroatoms. The fraction of sp³-hybridized carbons (Fsp3) is 0.135. The first kappa shape index (κ1) is 51.8. The number of furan rings is 3. The zero-order valence-electron chi connectivity index (χ0n) is 48.4. The molecule has 14 rings (SSSR count). The molecular formula is C74H64N4O3Si2. The molecule has 0 saturated heterocycles. The second-order valence-corrected chi connectivity index (χ2v) is 34.5. The quantitative estimate of drug-likeness (QED) is 0.0897. The second kappa shape index (κ2) is 19.4. The van der Waals surface area contributed by atoms with Gasteiger partial charge in [-0.2, -0.15) is 0 Å². The van der Waals surface area contributed by atoms with Crippen LogP contribution in [-0.4, -0.2) is 27.3 Å². The largest absolute Gasteiger partial charge is 0.454 e. The van der Waals surface area contributed by atoms with Crippen molar-refractivity contribution in [3.63, 3.8) is 0 Å². The molecule has 13 aromatic rings. The van der Waals surface area contributed by atoms with Crippen LogP contribution in [-0.2, 0) is 5.41 Å². The highest BCUT2D eigenvalue weighted by Crippen LogP contribution is 2.62. The van der Waals surface area contributed by atoms with Crippen LogP contribution in [0.4, 0.5) is 40.0 Å². The summed E-state index contributed by atoms with van der Waals surface area (Å²) in [7, 11) is -3.34. The normalized spacial score (nSPS) is 13.2. The Hall–Kier alpha value is -9.29. The van der Waals surface area contributed by atoms with E-state index in [1.165, 1.54) is 38.2 Å². The van der Waals surface area contributed by atoms with Crippen molar-refractivity contribution in [2.45, 2.75) is 65.5 Å². The molecule has 0 unspecified atom stereocenters. The van der Waals surface area contributed by atoms with Gasteiger partial charge in [0, 0.05) is 79.8 Å². The first-order valence-electron chi connectivity index (χ1n) is 28.7. The summed E-state index contributed by atoms with van der Waals surface area (Å²) < 4.78 is 20.5. The lowest BCUT2D eigenvalue weighted by molar-refractivity contribution is 0.625. The minimum Gasteiger partial charge on any atom is -0.454 e. The van der Waals surface area contributed by atoms with E-state index >= 15 is 0 Å². The maximum Gasteiger partial charge on any atom is 0.227 e. The number of fused-ring (bicyclic) bond motifs is 11. The number of hydrogen-bond acceptors (Lipinski definition) is 7. The predicted molar refractivity (Wildman–Crippen MR) is 355 cm³/mol. The van der Waals surface area contributed by atoms with E-state index in [1.54, 1.807) is 12.4 Å². The van der Waals surface area contributed by atoms with E-state index < -0.39 is 21.6 Å². The van der Waals surface area contributed by atoms with Gasteiger partial charge in [0.2, 0.25) is 11.6 Å². The van der Waals surface area contributed by atoms with Crippen molar-refractivity contribution < 1.29 is 13.3 Å². The maximum atomic E-state index is 7.36. The Morgan fingerprint density at radius 2 is 1.08 bits per heavy atom. The number of rotatable bonds is 12. The summed E-state index contributed by atoms with van der Waals surface area (Å²) in [6.07, 6.45) is 5.38. The first-order valence-corrected chi connectivity index (χ1v) is 35.7. The zero-order valence-corrected chi connectivity index (χ0v) is 50.4. The third-order valence-electron chi connectivity index (χ3n) is 17.0. The number of nitrogens with zero attached hydrogens (tertiary/aromatic N) is 4. The molecule has 0 radical (unpaired) electrons.